The van der Waals surface area contributed by atoms with E-state index in [1.54, 1.807) is 0 Å². The van der Waals surface area contributed by atoms with Gasteiger partial charge in [-0.15, -0.1) is 11.3 Å². The summed E-state index contributed by atoms with van der Waals surface area (Å²) in [5, 5.41) is 6.56. The molecule has 2 N–H and O–H groups in total. The second-order valence-electron chi connectivity index (χ2n) is 4.28. The molecular formula is C11H14N4O2S. The Hall–Kier alpha value is -1.47. The third-order valence-electron chi connectivity index (χ3n) is 2.94. The topological polar surface area (TPSA) is 87.1 Å². The summed E-state index contributed by atoms with van der Waals surface area (Å²) >= 11 is 1.45. The Morgan fingerprint density at radius 3 is 3.06 bits per heavy atom. The average Bonchev–Trinajstić information content (AvgIpc) is 3.07. The van der Waals surface area contributed by atoms with Crippen LogP contribution in [0.2, 0.25) is 0 Å². The van der Waals surface area contributed by atoms with E-state index in [9.17, 15) is 0 Å². The SMILES string of the molecule is Nc1nc(CCc2nc([C@H]3CCOC3)no2)cs1. The van der Waals surface area contributed by atoms with Crippen molar-refractivity contribution in [1.29, 1.82) is 0 Å². The van der Waals surface area contributed by atoms with Crippen molar-refractivity contribution in [2.45, 2.75) is 25.2 Å². The molecule has 1 fully saturated rings. The summed E-state index contributed by atoms with van der Waals surface area (Å²) in [6.07, 6.45) is 2.45. The van der Waals surface area contributed by atoms with Gasteiger partial charge in [0.05, 0.1) is 12.3 Å². The van der Waals surface area contributed by atoms with E-state index in [1.807, 2.05) is 5.38 Å². The van der Waals surface area contributed by atoms with Gasteiger partial charge in [-0.25, -0.2) is 4.98 Å². The van der Waals surface area contributed by atoms with E-state index >= 15 is 0 Å². The predicted molar refractivity (Wildman–Crippen MR) is 66.4 cm³/mol. The van der Waals surface area contributed by atoms with E-state index in [0.29, 0.717) is 24.0 Å². The molecule has 1 saturated heterocycles. The number of aromatic nitrogens is 3. The first-order valence-corrected chi connectivity index (χ1v) is 6.79. The van der Waals surface area contributed by atoms with Crippen LogP contribution in [-0.2, 0) is 17.6 Å². The number of ether oxygens (including phenoxy) is 1. The Balaban J connectivity index is 1.59. The Morgan fingerprint density at radius 1 is 1.39 bits per heavy atom. The van der Waals surface area contributed by atoms with Crippen LogP contribution >= 0.6 is 11.3 Å². The van der Waals surface area contributed by atoms with Crippen LogP contribution in [0.3, 0.4) is 0 Å². The molecule has 2 aromatic heterocycles. The standard InChI is InChI=1S/C11H14N4O2S/c12-11-13-8(6-18-11)1-2-9-14-10(15-17-9)7-3-4-16-5-7/h6-7H,1-5H2,(H2,12,13)/t7-/m0/s1. The lowest BCUT2D eigenvalue weighted by Gasteiger charge is -1.97. The Kier molecular flexibility index (Phi) is 3.24. The van der Waals surface area contributed by atoms with Crippen LogP contribution in [0.4, 0.5) is 5.13 Å². The highest BCUT2D eigenvalue weighted by Crippen LogP contribution is 2.22. The van der Waals surface area contributed by atoms with Gasteiger partial charge in [0.1, 0.15) is 0 Å². The zero-order chi connectivity index (χ0) is 12.4. The minimum Gasteiger partial charge on any atom is -0.381 e. The number of hydrogen-bond donors (Lipinski definition) is 1. The minimum absolute atomic E-state index is 0.289. The zero-order valence-corrected chi connectivity index (χ0v) is 10.7. The van der Waals surface area contributed by atoms with Gasteiger partial charge in [-0.3, -0.25) is 0 Å². The summed E-state index contributed by atoms with van der Waals surface area (Å²) in [7, 11) is 0. The highest BCUT2D eigenvalue weighted by Gasteiger charge is 2.22. The molecule has 0 amide bonds. The van der Waals surface area contributed by atoms with E-state index in [4.69, 9.17) is 15.0 Å². The van der Waals surface area contributed by atoms with Crippen LogP contribution in [0.25, 0.3) is 0 Å². The summed E-state index contributed by atoms with van der Waals surface area (Å²) < 4.78 is 10.5. The van der Waals surface area contributed by atoms with Gasteiger partial charge in [0.15, 0.2) is 11.0 Å². The lowest BCUT2D eigenvalue weighted by Crippen LogP contribution is -2.00. The first-order valence-electron chi connectivity index (χ1n) is 5.91. The smallest absolute Gasteiger partial charge is 0.227 e. The normalized spacial score (nSPS) is 19.4. The minimum atomic E-state index is 0.289. The van der Waals surface area contributed by atoms with E-state index in [2.05, 4.69) is 15.1 Å². The molecule has 0 aliphatic carbocycles. The average molecular weight is 266 g/mol. The molecule has 18 heavy (non-hydrogen) atoms. The number of hydrogen-bond acceptors (Lipinski definition) is 7. The highest BCUT2D eigenvalue weighted by molar-refractivity contribution is 7.13. The first kappa shape index (κ1) is 11.6. The summed E-state index contributed by atoms with van der Waals surface area (Å²) in [6.45, 7) is 1.48. The highest BCUT2D eigenvalue weighted by atomic mass is 32.1. The first-order chi connectivity index (χ1) is 8.81. The van der Waals surface area contributed by atoms with Gasteiger partial charge in [-0.2, -0.15) is 4.98 Å². The molecule has 6 nitrogen and oxygen atoms in total. The largest absolute Gasteiger partial charge is 0.381 e. The maximum Gasteiger partial charge on any atom is 0.227 e. The predicted octanol–water partition coefficient (Wildman–Crippen LogP) is 1.40. The third kappa shape index (κ3) is 2.51. The molecule has 2 aromatic rings. The lowest BCUT2D eigenvalue weighted by molar-refractivity contribution is 0.192. The number of anilines is 1. The van der Waals surface area contributed by atoms with Crippen LogP contribution < -0.4 is 5.73 Å². The van der Waals surface area contributed by atoms with Crippen molar-refractivity contribution in [3.63, 3.8) is 0 Å². The number of nitrogens with two attached hydrogens (primary N) is 1. The lowest BCUT2D eigenvalue weighted by atomic mass is 10.1. The Morgan fingerprint density at radius 2 is 2.33 bits per heavy atom. The van der Waals surface area contributed by atoms with Crippen molar-refractivity contribution in [2.75, 3.05) is 18.9 Å². The van der Waals surface area contributed by atoms with E-state index in [-0.39, 0.29) is 5.92 Å². The number of rotatable bonds is 4. The van der Waals surface area contributed by atoms with Gasteiger partial charge >= 0.3 is 0 Å². The fraction of sp³-hybridized carbons (Fsp3) is 0.545. The van der Waals surface area contributed by atoms with Crippen molar-refractivity contribution in [2.24, 2.45) is 0 Å². The molecular weight excluding hydrogens is 252 g/mol. The van der Waals surface area contributed by atoms with Gasteiger partial charge in [-0.05, 0) is 12.8 Å². The van der Waals surface area contributed by atoms with Crippen LogP contribution in [0, 0.1) is 0 Å². The zero-order valence-electron chi connectivity index (χ0n) is 9.83. The number of thiazole rings is 1. The van der Waals surface area contributed by atoms with Crippen molar-refractivity contribution in [3.05, 3.63) is 22.8 Å². The van der Waals surface area contributed by atoms with Crippen molar-refractivity contribution < 1.29 is 9.26 Å². The molecule has 3 rings (SSSR count). The number of aryl methyl sites for hydroxylation is 2. The van der Waals surface area contributed by atoms with E-state index in [0.717, 1.165) is 31.0 Å². The number of nitrogen functional groups attached to an aromatic ring is 1. The molecule has 96 valence electrons. The van der Waals surface area contributed by atoms with Crippen molar-refractivity contribution in [3.8, 4) is 0 Å². The van der Waals surface area contributed by atoms with Gasteiger partial charge in [0, 0.05) is 24.3 Å². The maximum absolute atomic E-state index is 5.58. The van der Waals surface area contributed by atoms with Crippen LogP contribution in [0.15, 0.2) is 9.90 Å². The summed E-state index contributed by atoms with van der Waals surface area (Å²) in [4.78, 5) is 8.60. The Labute approximate surface area is 108 Å². The molecule has 1 aliphatic heterocycles. The second kappa shape index (κ2) is 5.03. The van der Waals surface area contributed by atoms with Crippen molar-refractivity contribution in [1.82, 2.24) is 15.1 Å². The quantitative estimate of drug-likeness (QED) is 0.900. The molecule has 1 atom stereocenters. The molecule has 7 heteroatoms. The van der Waals surface area contributed by atoms with Crippen LogP contribution in [-0.4, -0.2) is 28.3 Å². The van der Waals surface area contributed by atoms with E-state index < -0.39 is 0 Å². The van der Waals surface area contributed by atoms with Gasteiger partial charge < -0.3 is 15.0 Å². The third-order valence-corrected chi connectivity index (χ3v) is 3.67. The van der Waals surface area contributed by atoms with Crippen LogP contribution in [0.1, 0.15) is 29.7 Å². The molecule has 1 aliphatic rings. The van der Waals surface area contributed by atoms with Crippen molar-refractivity contribution >= 4 is 16.5 Å². The summed E-state index contributed by atoms with van der Waals surface area (Å²) in [5.41, 5.74) is 6.55. The molecule has 0 radical (unpaired) electrons. The fourth-order valence-corrected chi connectivity index (χ4v) is 2.54. The molecule has 0 aromatic carbocycles. The van der Waals surface area contributed by atoms with Gasteiger partial charge in [-0.1, -0.05) is 5.16 Å². The Bertz CT molecular complexity index is 519. The second-order valence-corrected chi connectivity index (χ2v) is 5.17. The molecule has 0 unspecified atom stereocenters. The molecule has 0 saturated carbocycles. The fourth-order valence-electron chi connectivity index (χ4n) is 1.95. The van der Waals surface area contributed by atoms with E-state index in [1.165, 1.54) is 11.3 Å². The molecule has 0 spiro atoms. The molecule has 3 heterocycles. The monoisotopic (exact) mass is 266 g/mol. The van der Waals surface area contributed by atoms with Gasteiger partial charge in [0.2, 0.25) is 5.89 Å². The number of nitrogens with zero attached hydrogens (tertiary/aromatic N) is 3. The van der Waals surface area contributed by atoms with Gasteiger partial charge in [0.25, 0.3) is 0 Å². The summed E-state index contributed by atoms with van der Waals surface area (Å²) in [5.74, 6) is 1.71. The maximum atomic E-state index is 5.58. The van der Waals surface area contributed by atoms with Crippen LogP contribution in [0.5, 0.6) is 0 Å². The molecule has 0 bridgehead atoms. The summed E-state index contributed by atoms with van der Waals surface area (Å²) in [6, 6.07) is 0.